The molecule has 1 nitrogen and oxygen atoms in total. The molecule has 0 bridgehead atoms. The number of nitrogens with two attached hydrogens (primary N) is 1. The molecule has 2 N–H and O–H groups in total. The maximum atomic E-state index is 12.2. The zero-order valence-corrected chi connectivity index (χ0v) is 8.96. The summed E-state index contributed by atoms with van der Waals surface area (Å²) in [5.41, 5.74) is 5.99. The van der Waals surface area contributed by atoms with Crippen LogP contribution in [0.2, 0.25) is 10.0 Å². The lowest BCUT2D eigenvalue weighted by molar-refractivity contribution is 0.437. The Hall–Kier alpha value is -0.0200. The van der Waals surface area contributed by atoms with Crippen molar-refractivity contribution in [3.63, 3.8) is 0 Å². The number of hydrogen-bond donors (Lipinski definition) is 1. The standard InChI is InChI=1S/C8H8Cl2FN.ClH/c9-5-1-2-7(10)6(3-5)8(12)4-11;/h1-3,8H,4,12H2;1H/t8-;/m0./s1. The highest BCUT2D eigenvalue weighted by Crippen LogP contribution is 2.25. The van der Waals surface area contributed by atoms with Crippen LogP contribution in [0.3, 0.4) is 0 Å². The summed E-state index contributed by atoms with van der Waals surface area (Å²) in [5.74, 6) is 0. The SMILES string of the molecule is Cl.N[C@@H](CF)c1cc(Cl)ccc1Cl. The average molecular weight is 245 g/mol. The smallest absolute Gasteiger partial charge is 0.109 e. The van der Waals surface area contributed by atoms with Crippen molar-refractivity contribution >= 4 is 35.6 Å². The van der Waals surface area contributed by atoms with E-state index in [0.29, 0.717) is 15.6 Å². The Morgan fingerprint density at radius 3 is 2.54 bits per heavy atom. The summed E-state index contributed by atoms with van der Waals surface area (Å²) in [4.78, 5) is 0. The van der Waals surface area contributed by atoms with E-state index in [0.717, 1.165) is 0 Å². The van der Waals surface area contributed by atoms with Crippen LogP contribution in [0.25, 0.3) is 0 Å². The third kappa shape index (κ3) is 3.31. The zero-order valence-electron chi connectivity index (χ0n) is 6.64. The normalized spacial score (nSPS) is 12.0. The van der Waals surface area contributed by atoms with Crippen LogP contribution in [0.1, 0.15) is 11.6 Å². The van der Waals surface area contributed by atoms with Gasteiger partial charge in [0.25, 0.3) is 0 Å². The number of halogens is 4. The molecule has 5 heteroatoms. The predicted octanol–water partition coefficient (Wildman–Crippen LogP) is 3.38. The van der Waals surface area contributed by atoms with E-state index in [-0.39, 0.29) is 12.4 Å². The van der Waals surface area contributed by atoms with Gasteiger partial charge in [-0.1, -0.05) is 23.2 Å². The summed E-state index contributed by atoms with van der Waals surface area (Å²) in [6, 6.07) is 4.14. The molecule has 0 aliphatic rings. The van der Waals surface area contributed by atoms with Crippen LogP contribution in [-0.4, -0.2) is 6.67 Å². The Kier molecular flexibility index (Phi) is 5.65. The Balaban J connectivity index is 0.00000144. The van der Waals surface area contributed by atoms with E-state index in [1.807, 2.05) is 0 Å². The van der Waals surface area contributed by atoms with Crippen LogP contribution in [-0.2, 0) is 0 Å². The highest BCUT2D eigenvalue weighted by atomic mass is 35.5. The first-order valence-electron chi connectivity index (χ1n) is 3.41. The molecule has 0 heterocycles. The van der Waals surface area contributed by atoms with Gasteiger partial charge in [0.05, 0.1) is 6.04 Å². The maximum absolute atomic E-state index is 12.2. The fourth-order valence-corrected chi connectivity index (χ4v) is 1.32. The lowest BCUT2D eigenvalue weighted by Gasteiger charge is -2.09. The van der Waals surface area contributed by atoms with E-state index in [1.54, 1.807) is 18.2 Å². The van der Waals surface area contributed by atoms with E-state index in [1.165, 1.54) is 0 Å². The molecule has 0 radical (unpaired) electrons. The molecule has 1 aromatic rings. The summed E-state index contributed by atoms with van der Waals surface area (Å²) in [5, 5.41) is 0.961. The van der Waals surface area contributed by atoms with Gasteiger partial charge < -0.3 is 5.73 Å². The first-order chi connectivity index (χ1) is 5.65. The van der Waals surface area contributed by atoms with E-state index < -0.39 is 12.7 Å². The third-order valence-corrected chi connectivity index (χ3v) is 2.10. The van der Waals surface area contributed by atoms with Gasteiger partial charge in [-0.05, 0) is 23.8 Å². The fraction of sp³-hybridized carbons (Fsp3) is 0.250. The average Bonchev–Trinajstić information content (AvgIpc) is 2.08. The lowest BCUT2D eigenvalue weighted by Crippen LogP contribution is -2.12. The van der Waals surface area contributed by atoms with Gasteiger partial charge in [-0.3, -0.25) is 0 Å². The van der Waals surface area contributed by atoms with Crippen molar-refractivity contribution in [3.8, 4) is 0 Å². The molecular formula is C8H9Cl3FN. The van der Waals surface area contributed by atoms with Crippen molar-refractivity contribution in [1.82, 2.24) is 0 Å². The minimum absolute atomic E-state index is 0. The Morgan fingerprint density at radius 1 is 1.38 bits per heavy atom. The van der Waals surface area contributed by atoms with Crippen LogP contribution in [0.5, 0.6) is 0 Å². The first kappa shape index (κ1) is 13.0. The van der Waals surface area contributed by atoms with Gasteiger partial charge in [-0.15, -0.1) is 12.4 Å². The molecule has 0 saturated carbocycles. The van der Waals surface area contributed by atoms with Crippen molar-refractivity contribution < 1.29 is 4.39 Å². The number of alkyl halides is 1. The van der Waals surface area contributed by atoms with E-state index in [4.69, 9.17) is 28.9 Å². The van der Waals surface area contributed by atoms with Gasteiger partial charge in [-0.2, -0.15) is 0 Å². The van der Waals surface area contributed by atoms with Crippen LogP contribution in [0, 0.1) is 0 Å². The minimum Gasteiger partial charge on any atom is -0.322 e. The molecule has 0 aliphatic carbocycles. The summed E-state index contributed by atoms with van der Waals surface area (Å²) in [6.07, 6.45) is 0. The largest absolute Gasteiger partial charge is 0.322 e. The van der Waals surface area contributed by atoms with Crippen LogP contribution in [0.4, 0.5) is 4.39 Å². The first-order valence-corrected chi connectivity index (χ1v) is 4.17. The molecule has 0 aliphatic heterocycles. The van der Waals surface area contributed by atoms with Crippen LogP contribution in [0.15, 0.2) is 18.2 Å². The third-order valence-electron chi connectivity index (χ3n) is 1.52. The van der Waals surface area contributed by atoms with Crippen molar-refractivity contribution in [1.29, 1.82) is 0 Å². The van der Waals surface area contributed by atoms with Gasteiger partial charge in [0.1, 0.15) is 6.67 Å². The molecule has 1 aromatic carbocycles. The highest BCUT2D eigenvalue weighted by molar-refractivity contribution is 6.33. The lowest BCUT2D eigenvalue weighted by atomic mass is 10.1. The molecule has 0 unspecified atom stereocenters. The fourth-order valence-electron chi connectivity index (χ4n) is 0.882. The van der Waals surface area contributed by atoms with Crippen molar-refractivity contribution in [2.45, 2.75) is 6.04 Å². The second-order valence-corrected chi connectivity index (χ2v) is 3.27. The molecule has 0 spiro atoms. The highest BCUT2D eigenvalue weighted by Gasteiger charge is 2.09. The topological polar surface area (TPSA) is 26.0 Å². The molecule has 1 rings (SSSR count). The minimum atomic E-state index is -0.684. The van der Waals surface area contributed by atoms with E-state index in [2.05, 4.69) is 0 Å². The number of benzene rings is 1. The van der Waals surface area contributed by atoms with Gasteiger partial charge in [0.2, 0.25) is 0 Å². The molecule has 1 atom stereocenters. The van der Waals surface area contributed by atoms with Crippen LogP contribution >= 0.6 is 35.6 Å². The second-order valence-electron chi connectivity index (χ2n) is 2.43. The maximum Gasteiger partial charge on any atom is 0.109 e. The molecular weight excluding hydrogens is 235 g/mol. The number of rotatable bonds is 2. The molecule has 13 heavy (non-hydrogen) atoms. The summed E-state index contributed by atoms with van der Waals surface area (Å²) in [6.45, 7) is -0.639. The second kappa shape index (κ2) is 5.66. The number of hydrogen-bond acceptors (Lipinski definition) is 1. The quantitative estimate of drug-likeness (QED) is 0.848. The van der Waals surface area contributed by atoms with Gasteiger partial charge in [0, 0.05) is 10.0 Å². The molecule has 0 aromatic heterocycles. The summed E-state index contributed by atoms with van der Waals surface area (Å²) >= 11 is 11.4. The molecule has 0 saturated heterocycles. The predicted molar refractivity (Wildman–Crippen MR) is 56.6 cm³/mol. The Morgan fingerprint density at radius 2 is 2.00 bits per heavy atom. The molecule has 74 valence electrons. The Labute approximate surface area is 92.4 Å². The van der Waals surface area contributed by atoms with Gasteiger partial charge in [0.15, 0.2) is 0 Å². The zero-order chi connectivity index (χ0) is 9.14. The summed E-state index contributed by atoms with van der Waals surface area (Å²) < 4.78 is 12.2. The van der Waals surface area contributed by atoms with Gasteiger partial charge in [-0.25, -0.2) is 4.39 Å². The molecule has 0 fully saturated rings. The van der Waals surface area contributed by atoms with E-state index in [9.17, 15) is 4.39 Å². The monoisotopic (exact) mass is 243 g/mol. The summed E-state index contributed by atoms with van der Waals surface area (Å²) in [7, 11) is 0. The van der Waals surface area contributed by atoms with Crippen molar-refractivity contribution in [3.05, 3.63) is 33.8 Å². The van der Waals surface area contributed by atoms with Crippen LogP contribution < -0.4 is 5.73 Å². The Bertz CT molecular complexity index is 280. The van der Waals surface area contributed by atoms with Gasteiger partial charge >= 0.3 is 0 Å². The van der Waals surface area contributed by atoms with Crippen molar-refractivity contribution in [2.75, 3.05) is 6.67 Å². The molecule has 0 amide bonds. The van der Waals surface area contributed by atoms with E-state index >= 15 is 0 Å². The van der Waals surface area contributed by atoms with Crippen molar-refractivity contribution in [2.24, 2.45) is 5.73 Å².